The van der Waals surface area contributed by atoms with Gasteiger partial charge in [0, 0.05) is 22.5 Å². The van der Waals surface area contributed by atoms with E-state index in [-0.39, 0.29) is 11.8 Å². The molecule has 2 aliphatic heterocycles. The van der Waals surface area contributed by atoms with E-state index >= 15 is 0 Å². The van der Waals surface area contributed by atoms with E-state index in [1.165, 1.54) is 0 Å². The second kappa shape index (κ2) is 5.70. The van der Waals surface area contributed by atoms with E-state index in [4.69, 9.17) is 0 Å². The Labute approximate surface area is 153 Å². The third-order valence-corrected chi connectivity index (χ3v) is 5.01. The molecule has 0 saturated carbocycles. The van der Waals surface area contributed by atoms with Crippen molar-refractivity contribution in [2.24, 2.45) is 0 Å². The first-order valence-electron chi connectivity index (χ1n) is 8.64. The zero-order valence-corrected chi connectivity index (χ0v) is 15.3. The van der Waals surface area contributed by atoms with Gasteiger partial charge in [0.05, 0.1) is 11.4 Å². The molecule has 2 heterocycles. The van der Waals surface area contributed by atoms with Crippen molar-refractivity contribution >= 4 is 23.2 Å². The van der Waals surface area contributed by atoms with Gasteiger partial charge in [0.15, 0.2) is 0 Å². The molecule has 0 fully saturated rings. The van der Waals surface area contributed by atoms with Crippen molar-refractivity contribution in [3.63, 3.8) is 0 Å². The summed E-state index contributed by atoms with van der Waals surface area (Å²) in [5.41, 5.74) is 6.38. The maximum Gasteiger partial charge on any atom is 0.260 e. The summed E-state index contributed by atoms with van der Waals surface area (Å²) in [5.74, 6) is -0.161. The van der Waals surface area contributed by atoms with Crippen LogP contribution >= 0.6 is 0 Å². The Morgan fingerprint density at radius 1 is 0.538 bits per heavy atom. The normalized spacial score (nSPS) is 16.9. The summed E-state index contributed by atoms with van der Waals surface area (Å²) >= 11 is 0. The first-order chi connectivity index (χ1) is 12.4. The first kappa shape index (κ1) is 16.3. The third-order valence-electron chi connectivity index (χ3n) is 5.01. The number of hydrogen-bond donors (Lipinski definition) is 0. The molecule has 0 spiro atoms. The van der Waals surface area contributed by atoms with Crippen molar-refractivity contribution in [3.05, 3.63) is 82.2 Å². The number of amides is 2. The zero-order valence-electron chi connectivity index (χ0n) is 15.3. The molecule has 2 aliphatic rings. The standard InChI is InChI=1S/C22H20N2O2/c1-13-5-9-17(10-6-13)23-19-15(3)22(26)24(20(19)16(4)21(23)25)18-11-7-14(2)8-12-18/h5-12H,1-4H3. The summed E-state index contributed by atoms with van der Waals surface area (Å²) in [6.07, 6.45) is 0. The fourth-order valence-electron chi connectivity index (χ4n) is 3.52. The molecule has 0 saturated heterocycles. The Morgan fingerprint density at radius 2 is 0.846 bits per heavy atom. The van der Waals surface area contributed by atoms with Crippen LogP contribution in [0.1, 0.15) is 25.0 Å². The molecule has 4 heteroatoms. The van der Waals surface area contributed by atoms with E-state index in [2.05, 4.69) is 0 Å². The molecule has 2 aromatic rings. The van der Waals surface area contributed by atoms with Crippen molar-refractivity contribution in [3.8, 4) is 0 Å². The predicted octanol–water partition coefficient (Wildman–Crippen LogP) is 4.24. The molecule has 26 heavy (non-hydrogen) atoms. The van der Waals surface area contributed by atoms with Gasteiger partial charge in [-0.05, 0) is 52.0 Å². The van der Waals surface area contributed by atoms with Crippen LogP contribution in [0.5, 0.6) is 0 Å². The van der Waals surface area contributed by atoms with Gasteiger partial charge in [-0.1, -0.05) is 35.4 Å². The lowest BCUT2D eigenvalue weighted by atomic mass is 10.2. The number of carbonyl (C=O) groups excluding carboxylic acids is 2. The van der Waals surface area contributed by atoms with Gasteiger partial charge in [-0.25, -0.2) is 0 Å². The summed E-state index contributed by atoms with van der Waals surface area (Å²) in [5, 5.41) is 0. The lowest BCUT2D eigenvalue weighted by Crippen LogP contribution is -2.26. The van der Waals surface area contributed by atoms with Gasteiger partial charge in [0.25, 0.3) is 11.8 Å². The highest BCUT2D eigenvalue weighted by atomic mass is 16.2. The van der Waals surface area contributed by atoms with Gasteiger partial charge in [-0.15, -0.1) is 0 Å². The summed E-state index contributed by atoms with van der Waals surface area (Å²) in [6.45, 7) is 7.60. The van der Waals surface area contributed by atoms with Gasteiger partial charge in [0.1, 0.15) is 0 Å². The Morgan fingerprint density at radius 3 is 1.15 bits per heavy atom. The number of rotatable bonds is 2. The highest BCUT2D eigenvalue weighted by molar-refractivity contribution is 6.23. The number of fused-ring (bicyclic) bond motifs is 1. The van der Waals surface area contributed by atoms with Gasteiger partial charge >= 0.3 is 0 Å². The number of aryl methyl sites for hydroxylation is 2. The molecule has 0 unspecified atom stereocenters. The van der Waals surface area contributed by atoms with Crippen LogP contribution in [-0.4, -0.2) is 11.8 Å². The summed E-state index contributed by atoms with van der Waals surface area (Å²) in [7, 11) is 0. The maximum absolute atomic E-state index is 13.0. The molecular formula is C22H20N2O2. The van der Waals surface area contributed by atoms with E-state index in [0.29, 0.717) is 22.5 Å². The van der Waals surface area contributed by atoms with Crippen LogP contribution in [0.2, 0.25) is 0 Å². The average molecular weight is 344 g/mol. The third kappa shape index (κ3) is 2.22. The lowest BCUT2D eigenvalue weighted by Gasteiger charge is -2.20. The summed E-state index contributed by atoms with van der Waals surface area (Å²) < 4.78 is 0. The lowest BCUT2D eigenvalue weighted by molar-refractivity contribution is -0.114. The summed E-state index contributed by atoms with van der Waals surface area (Å²) in [4.78, 5) is 29.3. The highest BCUT2D eigenvalue weighted by Crippen LogP contribution is 2.44. The Hall–Kier alpha value is -3.14. The maximum atomic E-state index is 13.0. The molecule has 0 bridgehead atoms. The highest BCUT2D eigenvalue weighted by Gasteiger charge is 2.46. The van der Waals surface area contributed by atoms with E-state index in [9.17, 15) is 9.59 Å². The molecule has 0 aliphatic carbocycles. The van der Waals surface area contributed by atoms with Crippen LogP contribution in [0.15, 0.2) is 71.1 Å². The van der Waals surface area contributed by atoms with Crippen LogP contribution in [-0.2, 0) is 9.59 Å². The van der Waals surface area contributed by atoms with Crippen molar-refractivity contribution in [1.82, 2.24) is 0 Å². The molecular weight excluding hydrogens is 324 g/mol. The van der Waals surface area contributed by atoms with E-state index < -0.39 is 0 Å². The predicted molar refractivity (Wildman–Crippen MR) is 103 cm³/mol. The van der Waals surface area contributed by atoms with E-state index in [0.717, 1.165) is 22.5 Å². The van der Waals surface area contributed by atoms with Gasteiger partial charge in [0.2, 0.25) is 0 Å². The number of hydrogen-bond acceptors (Lipinski definition) is 2. The van der Waals surface area contributed by atoms with Crippen LogP contribution < -0.4 is 9.80 Å². The van der Waals surface area contributed by atoms with Crippen LogP contribution in [0.3, 0.4) is 0 Å². The minimum atomic E-state index is -0.0807. The van der Waals surface area contributed by atoms with Crippen molar-refractivity contribution in [2.75, 3.05) is 9.80 Å². The monoisotopic (exact) mass is 344 g/mol. The molecule has 0 radical (unpaired) electrons. The minimum Gasteiger partial charge on any atom is -0.275 e. The fourth-order valence-corrected chi connectivity index (χ4v) is 3.52. The number of anilines is 2. The van der Waals surface area contributed by atoms with Crippen LogP contribution in [0.25, 0.3) is 0 Å². The first-order valence-corrected chi connectivity index (χ1v) is 8.64. The van der Waals surface area contributed by atoms with Crippen molar-refractivity contribution in [1.29, 1.82) is 0 Å². The fraction of sp³-hybridized carbons (Fsp3) is 0.182. The quantitative estimate of drug-likeness (QED) is 0.817. The largest absolute Gasteiger partial charge is 0.275 e. The molecule has 2 aromatic carbocycles. The molecule has 130 valence electrons. The molecule has 0 atom stereocenters. The molecule has 4 nitrogen and oxygen atoms in total. The molecule has 4 rings (SSSR count). The molecule has 0 aromatic heterocycles. The molecule has 2 amide bonds. The van der Waals surface area contributed by atoms with Crippen LogP contribution in [0.4, 0.5) is 11.4 Å². The Balaban J connectivity index is 1.85. The van der Waals surface area contributed by atoms with Crippen LogP contribution in [0, 0.1) is 13.8 Å². The second-order valence-electron chi connectivity index (χ2n) is 6.90. The van der Waals surface area contributed by atoms with Crippen molar-refractivity contribution in [2.45, 2.75) is 27.7 Å². The summed E-state index contributed by atoms with van der Waals surface area (Å²) in [6, 6.07) is 15.6. The SMILES string of the molecule is CC1=C2C(=C(C)C(=O)N2c2ccc(C)cc2)N(c2ccc(C)cc2)C1=O. The Kier molecular flexibility index (Phi) is 3.58. The topological polar surface area (TPSA) is 40.6 Å². The zero-order chi connectivity index (χ0) is 18.6. The Bertz CT molecular complexity index is 912. The van der Waals surface area contributed by atoms with Crippen molar-refractivity contribution < 1.29 is 9.59 Å². The van der Waals surface area contributed by atoms with Gasteiger partial charge in [-0.2, -0.15) is 0 Å². The van der Waals surface area contributed by atoms with E-state index in [1.54, 1.807) is 23.6 Å². The van der Waals surface area contributed by atoms with E-state index in [1.807, 2.05) is 62.4 Å². The second-order valence-corrected chi connectivity index (χ2v) is 6.90. The average Bonchev–Trinajstić information content (AvgIpc) is 3.03. The van der Waals surface area contributed by atoms with Gasteiger partial charge in [-0.3, -0.25) is 19.4 Å². The van der Waals surface area contributed by atoms with Gasteiger partial charge < -0.3 is 0 Å². The minimum absolute atomic E-state index is 0.0807. The number of benzene rings is 2. The number of nitrogens with zero attached hydrogens (tertiary/aromatic N) is 2. The molecule has 0 N–H and O–H groups in total. The smallest absolute Gasteiger partial charge is 0.260 e. The number of carbonyl (C=O) groups is 2.